The van der Waals surface area contributed by atoms with Crippen molar-refractivity contribution in [2.24, 2.45) is 0 Å². The lowest BCUT2D eigenvalue weighted by Crippen LogP contribution is -2.39. The summed E-state index contributed by atoms with van der Waals surface area (Å²) >= 11 is 0. The van der Waals surface area contributed by atoms with Gasteiger partial charge < -0.3 is 10.2 Å². The van der Waals surface area contributed by atoms with Gasteiger partial charge in [-0.15, -0.1) is 4.41 Å². The first kappa shape index (κ1) is 19.2. The quantitative estimate of drug-likeness (QED) is 0.687. The van der Waals surface area contributed by atoms with Crippen molar-refractivity contribution in [3.8, 4) is 5.75 Å². The Hall–Kier alpha value is -3.09. The fourth-order valence-electron chi connectivity index (χ4n) is 3.39. The maximum Gasteiger partial charge on any atom is 0.260 e. The van der Waals surface area contributed by atoms with E-state index in [1.807, 2.05) is 61.5 Å². The molecule has 4 rings (SSSR count). The van der Waals surface area contributed by atoms with Crippen molar-refractivity contribution in [1.82, 2.24) is 9.84 Å². The summed E-state index contributed by atoms with van der Waals surface area (Å²) in [6.07, 6.45) is 1.92. The zero-order chi connectivity index (χ0) is 20.4. The minimum Gasteiger partial charge on any atom is -0.496 e. The molecule has 0 radical (unpaired) electrons. The summed E-state index contributed by atoms with van der Waals surface area (Å²) in [5, 5.41) is 0. The lowest BCUT2D eigenvalue weighted by molar-refractivity contribution is 0.335. The molecule has 6 heteroatoms. The molecule has 0 amide bonds. The van der Waals surface area contributed by atoms with E-state index in [4.69, 9.17) is 4.74 Å². The standard InChI is InChI=1S/C23H22N2O3S/c1-17-12-14-18(15-13-17)21-16-22(20-10-6-7-11-23(20)28-2)25(24-21)29(26,27)19-8-4-3-5-9-19/h3-16,22,24H,1-2H3. The largest absolute Gasteiger partial charge is 0.496 e. The topological polar surface area (TPSA) is 58.6 Å². The monoisotopic (exact) mass is 406 g/mol. The number of hydrogen-bond acceptors (Lipinski definition) is 4. The number of methoxy groups -OCH3 is 1. The molecule has 3 aromatic carbocycles. The molecule has 148 valence electrons. The minimum atomic E-state index is -3.80. The smallest absolute Gasteiger partial charge is 0.260 e. The van der Waals surface area contributed by atoms with E-state index in [9.17, 15) is 8.42 Å². The normalized spacial score (nSPS) is 16.9. The van der Waals surface area contributed by atoms with Crippen molar-refractivity contribution in [3.63, 3.8) is 0 Å². The molecule has 1 atom stereocenters. The third-order valence-corrected chi connectivity index (χ3v) is 6.63. The van der Waals surface area contributed by atoms with Crippen LogP contribution in [0.15, 0.2) is 89.8 Å². The molecule has 0 aromatic heterocycles. The van der Waals surface area contributed by atoms with Crippen LogP contribution in [0, 0.1) is 6.92 Å². The maximum absolute atomic E-state index is 13.4. The van der Waals surface area contributed by atoms with Crippen molar-refractivity contribution in [2.75, 3.05) is 7.11 Å². The SMILES string of the molecule is COc1ccccc1C1C=C(c2ccc(C)cc2)NN1S(=O)(=O)c1ccccc1. The summed E-state index contributed by atoms with van der Waals surface area (Å²) < 4.78 is 33.7. The lowest BCUT2D eigenvalue weighted by atomic mass is 10.0. The van der Waals surface area contributed by atoms with Crippen LogP contribution in [0.2, 0.25) is 0 Å². The van der Waals surface area contributed by atoms with E-state index in [0.717, 1.165) is 22.4 Å². The highest BCUT2D eigenvalue weighted by Crippen LogP contribution is 2.38. The van der Waals surface area contributed by atoms with E-state index in [1.54, 1.807) is 37.4 Å². The summed E-state index contributed by atoms with van der Waals surface area (Å²) in [4.78, 5) is 0.228. The van der Waals surface area contributed by atoms with E-state index < -0.39 is 16.1 Å². The molecule has 0 aliphatic carbocycles. The van der Waals surface area contributed by atoms with Crippen molar-refractivity contribution in [3.05, 3.63) is 102 Å². The first-order valence-electron chi connectivity index (χ1n) is 9.28. The average Bonchev–Trinajstić information content (AvgIpc) is 3.21. The van der Waals surface area contributed by atoms with Gasteiger partial charge in [-0.1, -0.05) is 66.2 Å². The van der Waals surface area contributed by atoms with Crippen LogP contribution in [-0.4, -0.2) is 19.9 Å². The van der Waals surface area contributed by atoms with Crippen molar-refractivity contribution >= 4 is 15.7 Å². The fraction of sp³-hybridized carbons (Fsp3) is 0.130. The molecule has 5 nitrogen and oxygen atoms in total. The summed E-state index contributed by atoms with van der Waals surface area (Å²) in [6, 6.07) is 23.3. The number of rotatable bonds is 5. The number of benzene rings is 3. The van der Waals surface area contributed by atoms with Crippen LogP contribution in [-0.2, 0) is 10.0 Å². The third-order valence-electron chi connectivity index (χ3n) is 4.93. The Labute approximate surface area is 171 Å². The van der Waals surface area contributed by atoms with Gasteiger partial charge in [0.25, 0.3) is 10.0 Å². The second kappa shape index (κ2) is 7.73. The van der Waals surface area contributed by atoms with Crippen LogP contribution in [0.25, 0.3) is 5.70 Å². The molecule has 29 heavy (non-hydrogen) atoms. The highest BCUT2D eigenvalue weighted by molar-refractivity contribution is 7.89. The van der Waals surface area contributed by atoms with E-state index in [-0.39, 0.29) is 4.90 Å². The summed E-state index contributed by atoms with van der Waals surface area (Å²) in [7, 11) is -2.21. The van der Waals surface area contributed by atoms with E-state index >= 15 is 0 Å². The van der Waals surface area contributed by atoms with Gasteiger partial charge in [0.1, 0.15) is 5.75 Å². The number of ether oxygens (including phenoxy) is 1. The Balaban J connectivity index is 1.82. The Morgan fingerprint density at radius 1 is 0.897 bits per heavy atom. The van der Waals surface area contributed by atoms with E-state index in [1.165, 1.54) is 4.41 Å². The predicted molar refractivity (Wildman–Crippen MR) is 113 cm³/mol. The summed E-state index contributed by atoms with van der Waals surface area (Å²) in [6.45, 7) is 2.02. The van der Waals surface area contributed by atoms with Gasteiger partial charge in [-0.2, -0.15) is 0 Å². The van der Waals surface area contributed by atoms with Crippen molar-refractivity contribution in [1.29, 1.82) is 0 Å². The van der Waals surface area contributed by atoms with Crippen LogP contribution < -0.4 is 10.2 Å². The number of aryl methyl sites for hydroxylation is 1. The molecule has 0 fully saturated rings. The van der Waals surface area contributed by atoms with Crippen molar-refractivity contribution < 1.29 is 13.2 Å². The van der Waals surface area contributed by atoms with E-state index in [2.05, 4.69) is 5.43 Å². The molecule has 1 aliphatic rings. The number of sulfonamides is 1. The zero-order valence-electron chi connectivity index (χ0n) is 16.2. The Bertz CT molecular complexity index is 1140. The van der Waals surface area contributed by atoms with Gasteiger partial charge in [0.2, 0.25) is 0 Å². The molecular weight excluding hydrogens is 384 g/mol. The molecule has 3 aromatic rings. The van der Waals surface area contributed by atoms with Crippen LogP contribution in [0.5, 0.6) is 5.75 Å². The van der Waals surface area contributed by atoms with Gasteiger partial charge >= 0.3 is 0 Å². The first-order valence-corrected chi connectivity index (χ1v) is 10.7. The summed E-state index contributed by atoms with van der Waals surface area (Å²) in [5.41, 5.74) is 6.68. The summed E-state index contributed by atoms with van der Waals surface area (Å²) in [5.74, 6) is 0.633. The number of para-hydroxylation sites is 1. The van der Waals surface area contributed by atoms with Gasteiger partial charge in [0.15, 0.2) is 0 Å². The molecule has 0 saturated carbocycles. The van der Waals surface area contributed by atoms with Gasteiger partial charge in [-0.25, -0.2) is 8.42 Å². The number of hydrogen-bond donors (Lipinski definition) is 1. The lowest BCUT2D eigenvalue weighted by Gasteiger charge is -2.25. The molecule has 0 spiro atoms. The van der Waals surface area contributed by atoms with Gasteiger partial charge in [0, 0.05) is 5.56 Å². The second-order valence-electron chi connectivity index (χ2n) is 6.86. The van der Waals surface area contributed by atoms with Gasteiger partial charge in [-0.3, -0.25) is 0 Å². The zero-order valence-corrected chi connectivity index (χ0v) is 17.1. The average molecular weight is 407 g/mol. The number of nitrogens with one attached hydrogen (secondary N) is 1. The molecule has 0 saturated heterocycles. The highest BCUT2D eigenvalue weighted by atomic mass is 32.2. The molecule has 0 bridgehead atoms. The fourth-order valence-corrected chi connectivity index (χ4v) is 4.81. The molecule has 1 unspecified atom stereocenters. The molecule has 1 heterocycles. The van der Waals surface area contributed by atoms with Crippen LogP contribution in [0.1, 0.15) is 22.7 Å². The van der Waals surface area contributed by atoms with Crippen LogP contribution in [0.4, 0.5) is 0 Å². The molecule has 1 aliphatic heterocycles. The highest BCUT2D eigenvalue weighted by Gasteiger charge is 2.38. The second-order valence-corrected chi connectivity index (χ2v) is 8.67. The Kier molecular flexibility index (Phi) is 5.13. The van der Waals surface area contributed by atoms with E-state index in [0.29, 0.717) is 5.75 Å². The molecular formula is C23H22N2O3S. The maximum atomic E-state index is 13.4. The third kappa shape index (κ3) is 3.64. The Morgan fingerprint density at radius 2 is 1.55 bits per heavy atom. The van der Waals surface area contributed by atoms with Crippen LogP contribution >= 0.6 is 0 Å². The predicted octanol–water partition coefficient (Wildman–Crippen LogP) is 4.29. The number of hydrazine groups is 1. The number of nitrogens with zero attached hydrogens (tertiary/aromatic N) is 1. The van der Waals surface area contributed by atoms with Gasteiger partial charge in [0.05, 0.1) is 23.7 Å². The van der Waals surface area contributed by atoms with Crippen molar-refractivity contribution in [2.45, 2.75) is 17.9 Å². The van der Waals surface area contributed by atoms with Gasteiger partial charge in [-0.05, 0) is 36.8 Å². The minimum absolute atomic E-state index is 0.228. The first-order chi connectivity index (χ1) is 14.0. The Morgan fingerprint density at radius 3 is 2.24 bits per heavy atom. The van der Waals surface area contributed by atoms with Crippen LogP contribution in [0.3, 0.4) is 0 Å². The molecule has 1 N–H and O–H groups in total.